The maximum atomic E-state index is 13.1. The molecule has 1 atom stereocenters. The molecule has 1 aromatic carbocycles. The lowest BCUT2D eigenvalue weighted by Crippen LogP contribution is -2.50. The molecular formula is C15H18FN3O. The van der Waals surface area contributed by atoms with Crippen LogP contribution in [0.15, 0.2) is 18.2 Å². The SMILES string of the molecule is CCCC1(C(=O)Nc2ccc(F)cc2C#N)CCCN1. The fourth-order valence-electron chi connectivity index (χ4n) is 2.71. The normalized spacial score (nSPS) is 21.4. The molecule has 1 fully saturated rings. The number of carbonyl (C=O) groups is 1. The van der Waals surface area contributed by atoms with Crippen LogP contribution in [0.3, 0.4) is 0 Å². The monoisotopic (exact) mass is 275 g/mol. The highest BCUT2D eigenvalue weighted by atomic mass is 19.1. The van der Waals surface area contributed by atoms with Crippen molar-refractivity contribution in [3.8, 4) is 6.07 Å². The standard InChI is InChI=1S/C15H18FN3O/c1-2-6-15(7-3-8-18-15)14(20)19-13-5-4-12(16)9-11(13)10-17/h4-5,9,18H,2-3,6-8H2,1H3,(H,19,20). The van der Waals surface area contributed by atoms with Crippen molar-refractivity contribution in [2.24, 2.45) is 0 Å². The average molecular weight is 275 g/mol. The van der Waals surface area contributed by atoms with E-state index in [0.29, 0.717) is 5.69 Å². The molecule has 1 unspecified atom stereocenters. The Morgan fingerprint density at radius 2 is 2.40 bits per heavy atom. The number of amides is 1. The number of nitrogens with one attached hydrogen (secondary N) is 2. The Labute approximate surface area is 118 Å². The first-order chi connectivity index (χ1) is 9.61. The molecule has 1 aromatic rings. The van der Waals surface area contributed by atoms with Gasteiger partial charge in [0.2, 0.25) is 5.91 Å². The number of benzene rings is 1. The van der Waals surface area contributed by atoms with Crippen molar-refractivity contribution < 1.29 is 9.18 Å². The minimum Gasteiger partial charge on any atom is -0.323 e. The minimum atomic E-state index is -0.560. The largest absolute Gasteiger partial charge is 0.323 e. The van der Waals surface area contributed by atoms with E-state index in [2.05, 4.69) is 10.6 Å². The zero-order valence-corrected chi connectivity index (χ0v) is 11.5. The molecule has 2 N–H and O–H groups in total. The first-order valence-electron chi connectivity index (χ1n) is 6.87. The van der Waals surface area contributed by atoms with Crippen molar-refractivity contribution in [3.63, 3.8) is 0 Å². The number of rotatable bonds is 4. The molecule has 106 valence electrons. The smallest absolute Gasteiger partial charge is 0.244 e. The molecule has 0 bridgehead atoms. The summed E-state index contributed by atoms with van der Waals surface area (Å²) in [4.78, 5) is 12.5. The fraction of sp³-hybridized carbons (Fsp3) is 0.467. The molecule has 0 saturated carbocycles. The van der Waals surface area contributed by atoms with E-state index < -0.39 is 11.4 Å². The number of nitrogens with zero attached hydrogens (tertiary/aromatic N) is 1. The Bertz CT molecular complexity index is 545. The van der Waals surface area contributed by atoms with Gasteiger partial charge < -0.3 is 10.6 Å². The molecule has 1 heterocycles. The van der Waals surface area contributed by atoms with Crippen LogP contribution in [0.2, 0.25) is 0 Å². The second-order valence-electron chi connectivity index (χ2n) is 5.12. The first kappa shape index (κ1) is 14.5. The molecular weight excluding hydrogens is 257 g/mol. The lowest BCUT2D eigenvalue weighted by Gasteiger charge is -2.28. The van der Waals surface area contributed by atoms with Gasteiger partial charge in [-0.25, -0.2) is 4.39 Å². The van der Waals surface area contributed by atoms with Gasteiger partial charge in [-0.2, -0.15) is 5.26 Å². The van der Waals surface area contributed by atoms with E-state index in [-0.39, 0.29) is 11.5 Å². The summed E-state index contributed by atoms with van der Waals surface area (Å²) in [5.41, 5.74) is -0.0540. The summed E-state index contributed by atoms with van der Waals surface area (Å²) in [7, 11) is 0. The highest BCUT2D eigenvalue weighted by molar-refractivity contribution is 5.99. The molecule has 0 aromatic heterocycles. The maximum Gasteiger partial charge on any atom is 0.244 e. The van der Waals surface area contributed by atoms with Crippen LogP contribution in [0.25, 0.3) is 0 Å². The van der Waals surface area contributed by atoms with Gasteiger partial charge in [0.15, 0.2) is 0 Å². The van der Waals surface area contributed by atoms with Crippen LogP contribution >= 0.6 is 0 Å². The van der Waals surface area contributed by atoms with Crippen LogP contribution in [-0.4, -0.2) is 18.0 Å². The van der Waals surface area contributed by atoms with E-state index in [0.717, 1.165) is 38.3 Å². The number of hydrogen-bond donors (Lipinski definition) is 2. The molecule has 0 aliphatic carbocycles. The molecule has 5 heteroatoms. The Hall–Kier alpha value is -1.93. The molecule has 2 rings (SSSR count). The molecule has 1 amide bonds. The molecule has 4 nitrogen and oxygen atoms in total. The number of carbonyl (C=O) groups excluding carboxylic acids is 1. The van der Waals surface area contributed by atoms with Crippen LogP contribution in [0.4, 0.5) is 10.1 Å². The molecule has 1 aliphatic rings. The zero-order chi connectivity index (χ0) is 14.6. The molecule has 1 aliphatic heterocycles. The number of hydrogen-bond acceptors (Lipinski definition) is 3. The summed E-state index contributed by atoms with van der Waals surface area (Å²) in [5.74, 6) is -0.623. The maximum absolute atomic E-state index is 13.1. The van der Waals surface area contributed by atoms with Gasteiger partial charge in [-0.1, -0.05) is 13.3 Å². The number of anilines is 1. The molecule has 0 spiro atoms. The minimum absolute atomic E-state index is 0.139. The zero-order valence-electron chi connectivity index (χ0n) is 11.5. The average Bonchev–Trinajstić information content (AvgIpc) is 2.91. The molecule has 1 saturated heterocycles. The van der Waals surface area contributed by atoms with Crippen molar-refractivity contribution in [2.75, 3.05) is 11.9 Å². The van der Waals surface area contributed by atoms with Gasteiger partial charge in [0.25, 0.3) is 0 Å². The van der Waals surface area contributed by atoms with Crippen LogP contribution < -0.4 is 10.6 Å². The van der Waals surface area contributed by atoms with Gasteiger partial charge in [-0.15, -0.1) is 0 Å². The van der Waals surface area contributed by atoms with E-state index in [1.165, 1.54) is 12.1 Å². The van der Waals surface area contributed by atoms with Crippen LogP contribution in [0.5, 0.6) is 0 Å². The predicted octanol–water partition coefficient (Wildman–Crippen LogP) is 2.56. The van der Waals surface area contributed by atoms with Crippen molar-refractivity contribution in [2.45, 2.75) is 38.1 Å². The Morgan fingerprint density at radius 3 is 3.00 bits per heavy atom. The summed E-state index contributed by atoms with van der Waals surface area (Å²) in [6.07, 6.45) is 3.40. The number of halogens is 1. The van der Waals surface area contributed by atoms with Gasteiger partial charge in [0, 0.05) is 0 Å². The van der Waals surface area contributed by atoms with Crippen LogP contribution in [0.1, 0.15) is 38.2 Å². The van der Waals surface area contributed by atoms with Crippen molar-refractivity contribution >= 4 is 11.6 Å². The highest BCUT2D eigenvalue weighted by Gasteiger charge is 2.40. The van der Waals surface area contributed by atoms with Crippen molar-refractivity contribution in [1.29, 1.82) is 5.26 Å². The summed E-state index contributed by atoms with van der Waals surface area (Å²) in [6.45, 7) is 2.86. The van der Waals surface area contributed by atoms with Crippen molar-refractivity contribution in [3.05, 3.63) is 29.6 Å². The third-order valence-corrected chi connectivity index (χ3v) is 3.71. The van der Waals surface area contributed by atoms with E-state index in [9.17, 15) is 9.18 Å². The summed E-state index contributed by atoms with van der Waals surface area (Å²) in [6, 6.07) is 5.70. The Kier molecular flexibility index (Phi) is 4.35. The van der Waals surface area contributed by atoms with Crippen LogP contribution in [0, 0.1) is 17.1 Å². The number of nitriles is 1. The van der Waals surface area contributed by atoms with E-state index in [1.54, 1.807) is 0 Å². The second-order valence-corrected chi connectivity index (χ2v) is 5.12. The summed E-state index contributed by atoms with van der Waals surface area (Å²) < 4.78 is 13.1. The van der Waals surface area contributed by atoms with E-state index >= 15 is 0 Å². The van der Waals surface area contributed by atoms with Crippen molar-refractivity contribution in [1.82, 2.24) is 5.32 Å². The fourth-order valence-corrected chi connectivity index (χ4v) is 2.71. The predicted molar refractivity (Wildman–Crippen MR) is 74.6 cm³/mol. The van der Waals surface area contributed by atoms with Gasteiger partial charge in [0.1, 0.15) is 11.9 Å². The Balaban J connectivity index is 2.21. The lowest BCUT2D eigenvalue weighted by atomic mass is 9.90. The van der Waals surface area contributed by atoms with Crippen LogP contribution in [-0.2, 0) is 4.79 Å². The van der Waals surface area contributed by atoms with E-state index in [4.69, 9.17) is 5.26 Å². The topological polar surface area (TPSA) is 64.9 Å². The molecule has 20 heavy (non-hydrogen) atoms. The second kappa shape index (κ2) is 6.02. The Morgan fingerprint density at radius 1 is 1.60 bits per heavy atom. The quantitative estimate of drug-likeness (QED) is 0.887. The first-order valence-corrected chi connectivity index (χ1v) is 6.87. The summed E-state index contributed by atoms with van der Waals surface area (Å²) in [5, 5.41) is 15.0. The molecule has 0 radical (unpaired) electrons. The lowest BCUT2D eigenvalue weighted by molar-refractivity contribution is -0.122. The third-order valence-electron chi connectivity index (χ3n) is 3.71. The highest BCUT2D eigenvalue weighted by Crippen LogP contribution is 2.27. The third kappa shape index (κ3) is 2.81. The summed E-state index contributed by atoms with van der Waals surface area (Å²) >= 11 is 0. The van der Waals surface area contributed by atoms with Gasteiger partial charge in [-0.3, -0.25) is 4.79 Å². The van der Waals surface area contributed by atoms with E-state index in [1.807, 2.05) is 13.0 Å². The van der Waals surface area contributed by atoms with Gasteiger partial charge >= 0.3 is 0 Å². The van der Waals surface area contributed by atoms with Gasteiger partial charge in [-0.05, 0) is 44.0 Å². The van der Waals surface area contributed by atoms with Gasteiger partial charge in [0.05, 0.1) is 16.8 Å².